The lowest BCUT2D eigenvalue weighted by atomic mass is 9.81. The monoisotopic (exact) mass is 348 g/mol. The number of methoxy groups -OCH3 is 1. The van der Waals surface area contributed by atoms with Crippen molar-refractivity contribution in [3.8, 4) is 5.75 Å². The quantitative estimate of drug-likeness (QED) is 0.771. The fourth-order valence-corrected chi connectivity index (χ4v) is 3.87. The van der Waals surface area contributed by atoms with Gasteiger partial charge in [-0.05, 0) is 43.0 Å². The summed E-state index contributed by atoms with van der Waals surface area (Å²) in [4.78, 5) is 25.8. The van der Waals surface area contributed by atoms with E-state index in [2.05, 4.69) is 5.32 Å². The minimum absolute atomic E-state index is 0.0623. The predicted octanol–water partition coefficient (Wildman–Crippen LogP) is 2.43. The summed E-state index contributed by atoms with van der Waals surface area (Å²) in [5.41, 5.74) is -0.0957. The Kier molecular flexibility index (Phi) is 5.13. The van der Waals surface area contributed by atoms with Gasteiger partial charge < -0.3 is 24.8 Å². The Labute approximate surface area is 146 Å². The van der Waals surface area contributed by atoms with E-state index in [-0.39, 0.29) is 18.5 Å². The standard InChI is InChI=1S/C18H24N2O5/c1-24-9-10-25-15-6-4-14(5-7-15)19-17(23)20-11-13-3-2-8-18(13,12-20)16(21)22/h4-7,13H,2-3,8-12H2,1H3,(H,19,23)(H,21,22)/t13-,18+/m0/s1. The number of aliphatic carboxylic acids is 1. The number of carbonyl (C=O) groups is 2. The fourth-order valence-electron chi connectivity index (χ4n) is 3.87. The average molecular weight is 348 g/mol. The maximum atomic E-state index is 12.5. The molecule has 2 amide bonds. The summed E-state index contributed by atoms with van der Waals surface area (Å²) in [6.45, 7) is 1.78. The number of urea groups is 1. The number of anilines is 1. The average Bonchev–Trinajstić information content (AvgIpc) is 3.15. The third kappa shape index (κ3) is 3.56. The molecule has 0 bridgehead atoms. The van der Waals surface area contributed by atoms with Crippen molar-refractivity contribution < 1.29 is 24.2 Å². The highest BCUT2D eigenvalue weighted by atomic mass is 16.5. The molecule has 0 radical (unpaired) electrons. The molecule has 1 aliphatic heterocycles. The van der Waals surface area contributed by atoms with Gasteiger partial charge in [0.25, 0.3) is 0 Å². The first-order chi connectivity index (χ1) is 12.0. The molecule has 1 heterocycles. The van der Waals surface area contributed by atoms with Gasteiger partial charge >= 0.3 is 12.0 Å². The van der Waals surface area contributed by atoms with Crippen molar-refractivity contribution in [1.82, 2.24) is 4.90 Å². The molecule has 3 rings (SSSR count). The first-order valence-electron chi connectivity index (χ1n) is 8.56. The molecule has 0 unspecified atom stereocenters. The summed E-state index contributed by atoms with van der Waals surface area (Å²) in [6.07, 6.45) is 2.46. The van der Waals surface area contributed by atoms with Crippen LogP contribution in [-0.2, 0) is 9.53 Å². The molecular formula is C18H24N2O5. The van der Waals surface area contributed by atoms with Gasteiger partial charge in [0, 0.05) is 25.9 Å². The molecule has 7 nitrogen and oxygen atoms in total. The highest BCUT2D eigenvalue weighted by Crippen LogP contribution is 2.48. The number of hydrogen-bond donors (Lipinski definition) is 2. The fraction of sp³-hybridized carbons (Fsp3) is 0.556. The van der Waals surface area contributed by atoms with Crippen LogP contribution in [-0.4, -0.2) is 55.4 Å². The van der Waals surface area contributed by atoms with Gasteiger partial charge in [-0.2, -0.15) is 0 Å². The molecule has 136 valence electrons. The molecule has 2 N–H and O–H groups in total. The van der Waals surface area contributed by atoms with Gasteiger partial charge in [0.1, 0.15) is 12.4 Å². The van der Waals surface area contributed by atoms with E-state index < -0.39 is 11.4 Å². The Balaban J connectivity index is 1.57. The zero-order valence-corrected chi connectivity index (χ0v) is 14.4. The van der Waals surface area contributed by atoms with Crippen molar-refractivity contribution in [2.45, 2.75) is 19.3 Å². The van der Waals surface area contributed by atoms with Crippen molar-refractivity contribution >= 4 is 17.7 Å². The highest BCUT2D eigenvalue weighted by Gasteiger charge is 2.55. The van der Waals surface area contributed by atoms with E-state index >= 15 is 0 Å². The van der Waals surface area contributed by atoms with Gasteiger partial charge in [-0.1, -0.05) is 6.42 Å². The molecule has 0 aromatic heterocycles. The van der Waals surface area contributed by atoms with Crippen molar-refractivity contribution in [2.75, 3.05) is 38.7 Å². The number of hydrogen-bond acceptors (Lipinski definition) is 4. The van der Waals surface area contributed by atoms with Crippen LogP contribution in [0.15, 0.2) is 24.3 Å². The van der Waals surface area contributed by atoms with Gasteiger partial charge in [-0.3, -0.25) is 4.79 Å². The number of carboxylic acids is 1. The van der Waals surface area contributed by atoms with Crippen molar-refractivity contribution in [3.05, 3.63) is 24.3 Å². The van der Waals surface area contributed by atoms with E-state index in [9.17, 15) is 14.7 Å². The molecule has 7 heteroatoms. The number of ether oxygens (including phenoxy) is 2. The number of likely N-dealkylation sites (tertiary alicyclic amines) is 1. The van der Waals surface area contributed by atoms with Gasteiger partial charge in [0.2, 0.25) is 0 Å². The lowest BCUT2D eigenvalue weighted by Gasteiger charge is -2.23. The van der Waals surface area contributed by atoms with E-state index in [4.69, 9.17) is 9.47 Å². The van der Waals surface area contributed by atoms with E-state index in [1.54, 1.807) is 36.3 Å². The number of fused-ring (bicyclic) bond motifs is 1. The van der Waals surface area contributed by atoms with Crippen LogP contribution in [0.2, 0.25) is 0 Å². The number of nitrogens with one attached hydrogen (secondary N) is 1. The first kappa shape index (κ1) is 17.5. The number of rotatable bonds is 6. The molecule has 1 saturated heterocycles. The number of carbonyl (C=O) groups excluding carboxylic acids is 1. The molecule has 1 saturated carbocycles. The third-order valence-corrected chi connectivity index (χ3v) is 5.25. The maximum Gasteiger partial charge on any atom is 0.321 e. The summed E-state index contributed by atoms with van der Waals surface area (Å²) < 4.78 is 10.4. The van der Waals surface area contributed by atoms with E-state index in [1.165, 1.54) is 0 Å². The minimum atomic E-state index is -0.775. The van der Waals surface area contributed by atoms with Crippen LogP contribution in [0.3, 0.4) is 0 Å². The van der Waals surface area contributed by atoms with Crippen LogP contribution >= 0.6 is 0 Å². The van der Waals surface area contributed by atoms with Gasteiger partial charge in [0.15, 0.2) is 0 Å². The molecule has 1 aromatic rings. The summed E-state index contributed by atoms with van der Waals surface area (Å²) >= 11 is 0. The summed E-state index contributed by atoms with van der Waals surface area (Å²) in [6, 6.07) is 6.85. The van der Waals surface area contributed by atoms with Crippen molar-refractivity contribution in [1.29, 1.82) is 0 Å². The zero-order valence-electron chi connectivity index (χ0n) is 14.4. The minimum Gasteiger partial charge on any atom is -0.491 e. The Bertz CT molecular complexity index is 633. The molecule has 2 fully saturated rings. The normalized spacial score (nSPS) is 24.8. The summed E-state index contributed by atoms with van der Waals surface area (Å²) in [5.74, 6) is -0.00856. The summed E-state index contributed by atoms with van der Waals surface area (Å²) in [7, 11) is 1.61. The first-order valence-corrected chi connectivity index (χ1v) is 8.56. The molecule has 2 aliphatic rings. The van der Waals surface area contributed by atoms with Gasteiger partial charge in [-0.25, -0.2) is 4.79 Å². The number of nitrogens with zero attached hydrogens (tertiary/aromatic N) is 1. The SMILES string of the molecule is COCCOc1ccc(NC(=O)N2C[C@@H]3CCC[C@@]3(C(=O)O)C2)cc1. The second kappa shape index (κ2) is 7.31. The Morgan fingerprint density at radius 3 is 2.72 bits per heavy atom. The second-order valence-corrected chi connectivity index (χ2v) is 6.73. The summed E-state index contributed by atoms with van der Waals surface area (Å²) in [5, 5.41) is 12.4. The van der Waals surface area contributed by atoms with E-state index in [1.807, 2.05) is 0 Å². The van der Waals surface area contributed by atoms with E-state index in [0.717, 1.165) is 12.8 Å². The van der Waals surface area contributed by atoms with Crippen LogP contribution in [0.4, 0.5) is 10.5 Å². The Hall–Kier alpha value is -2.28. The lowest BCUT2D eigenvalue weighted by Crippen LogP contribution is -2.38. The topological polar surface area (TPSA) is 88.1 Å². The molecule has 1 aromatic carbocycles. The van der Waals surface area contributed by atoms with Crippen LogP contribution < -0.4 is 10.1 Å². The maximum absolute atomic E-state index is 12.5. The largest absolute Gasteiger partial charge is 0.491 e. The molecule has 2 atom stereocenters. The van der Waals surface area contributed by atoms with Gasteiger partial charge in [-0.15, -0.1) is 0 Å². The highest BCUT2D eigenvalue weighted by molar-refractivity contribution is 5.90. The van der Waals surface area contributed by atoms with Crippen LogP contribution in [0, 0.1) is 11.3 Å². The van der Waals surface area contributed by atoms with Crippen LogP contribution in [0.5, 0.6) is 5.75 Å². The van der Waals surface area contributed by atoms with Gasteiger partial charge in [0.05, 0.1) is 12.0 Å². The molecule has 1 aliphatic carbocycles. The van der Waals surface area contributed by atoms with E-state index in [0.29, 0.717) is 37.6 Å². The second-order valence-electron chi connectivity index (χ2n) is 6.73. The number of amides is 2. The lowest BCUT2D eigenvalue weighted by molar-refractivity contribution is -0.149. The molecule has 0 spiro atoms. The predicted molar refractivity (Wildman–Crippen MR) is 91.8 cm³/mol. The van der Waals surface area contributed by atoms with Crippen molar-refractivity contribution in [2.24, 2.45) is 11.3 Å². The molecule has 25 heavy (non-hydrogen) atoms. The smallest absolute Gasteiger partial charge is 0.321 e. The zero-order chi connectivity index (χ0) is 17.9. The van der Waals surface area contributed by atoms with Crippen molar-refractivity contribution in [3.63, 3.8) is 0 Å². The molecular weight excluding hydrogens is 324 g/mol. The van der Waals surface area contributed by atoms with Crippen LogP contribution in [0.1, 0.15) is 19.3 Å². The number of benzene rings is 1. The number of carboxylic acid groups (broad SMARTS) is 1. The van der Waals surface area contributed by atoms with Crippen LogP contribution in [0.25, 0.3) is 0 Å². The Morgan fingerprint density at radius 1 is 1.32 bits per heavy atom. The third-order valence-electron chi connectivity index (χ3n) is 5.25. The Morgan fingerprint density at radius 2 is 2.08 bits per heavy atom.